The van der Waals surface area contributed by atoms with E-state index in [-0.39, 0.29) is 5.91 Å². The molecular formula is C23H18N4O2S. The lowest BCUT2D eigenvalue weighted by Crippen LogP contribution is -2.13. The topological polar surface area (TPSA) is 101 Å². The zero-order valence-corrected chi connectivity index (χ0v) is 16.6. The predicted molar refractivity (Wildman–Crippen MR) is 121 cm³/mol. The summed E-state index contributed by atoms with van der Waals surface area (Å²) >= 11 is 1.47. The highest BCUT2D eigenvalue weighted by molar-refractivity contribution is 7.17. The fourth-order valence-electron chi connectivity index (χ4n) is 2.99. The van der Waals surface area contributed by atoms with E-state index in [0.29, 0.717) is 16.9 Å². The lowest BCUT2D eigenvalue weighted by Gasteiger charge is -2.10. The Morgan fingerprint density at radius 1 is 1.03 bits per heavy atom. The monoisotopic (exact) mass is 414 g/mol. The van der Waals surface area contributed by atoms with Gasteiger partial charge in [0.2, 0.25) is 0 Å². The lowest BCUT2D eigenvalue weighted by molar-refractivity contribution is 0.102. The number of aromatic nitrogens is 1. The van der Waals surface area contributed by atoms with Crippen LogP contribution in [-0.2, 0) is 0 Å². The molecule has 0 radical (unpaired) electrons. The average molecular weight is 414 g/mol. The minimum absolute atomic E-state index is 0.240. The highest BCUT2D eigenvalue weighted by atomic mass is 32.1. The van der Waals surface area contributed by atoms with Crippen LogP contribution in [0.3, 0.4) is 0 Å². The van der Waals surface area contributed by atoms with E-state index in [4.69, 9.17) is 10.9 Å². The van der Waals surface area contributed by atoms with E-state index in [0.717, 1.165) is 26.4 Å². The molecule has 0 bridgehead atoms. The van der Waals surface area contributed by atoms with Crippen LogP contribution in [-0.4, -0.2) is 22.3 Å². The van der Waals surface area contributed by atoms with Crippen molar-refractivity contribution in [3.63, 3.8) is 0 Å². The summed E-state index contributed by atoms with van der Waals surface area (Å²) in [6.45, 7) is 0. The van der Waals surface area contributed by atoms with E-state index in [1.807, 2.05) is 48.5 Å². The lowest BCUT2D eigenvalue weighted by atomic mass is 10.1. The van der Waals surface area contributed by atoms with Crippen molar-refractivity contribution in [3.05, 3.63) is 89.6 Å². The SMILES string of the molecule is Nc1ccc(-c2ccc(/C=N\O)s2)cc1NC(=O)c1ccc(-c2cccnc2)cc1. The highest BCUT2D eigenvalue weighted by Crippen LogP contribution is 2.32. The van der Waals surface area contributed by atoms with E-state index in [1.165, 1.54) is 17.6 Å². The van der Waals surface area contributed by atoms with Crippen LogP contribution in [0.25, 0.3) is 21.6 Å². The smallest absolute Gasteiger partial charge is 0.255 e. The number of carbonyl (C=O) groups is 1. The van der Waals surface area contributed by atoms with Crippen LogP contribution in [0.1, 0.15) is 15.2 Å². The van der Waals surface area contributed by atoms with Gasteiger partial charge in [-0.25, -0.2) is 0 Å². The summed E-state index contributed by atoms with van der Waals surface area (Å²) in [5.41, 5.74) is 10.5. The molecule has 0 saturated heterocycles. The number of hydrogen-bond acceptors (Lipinski definition) is 6. The molecule has 0 fully saturated rings. The summed E-state index contributed by atoms with van der Waals surface area (Å²) in [5.74, 6) is -0.240. The van der Waals surface area contributed by atoms with Gasteiger partial charge in [0, 0.05) is 27.7 Å². The molecule has 1 amide bonds. The number of carbonyl (C=O) groups excluding carboxylic acids is 1. The second-order valence-corrected chi connectivity index (χ2v) is 7.64. The van der Waals surface area contributed by atoms with Crippen molar-refractivity contribution in [2.75, 3.05) is 11.1 Å². The molecular weight excluding hydrogens is 396 g/mol. The fourth-order valence-corrected chi connectivity index (χ4v) is 3.86. The number of nitrogens with zero attached hydrogens (tertiary/aromatic N) is 2. The summed E-state index contributed by atoms with van der Waals surface area (Å²) in [6, 6.07) is 20.4. The van der Waals surface area contributed by atoms with Gasteiger partial charge in [-0.1, -0.05) is 29.4 Å². The number of nitrogens with two attached hydrogens (primary N) is 1. The van der Waals surface area contributed by atoms with Crippen LogP contribution >= 0.6 is 11.3 Å². The largest absolute Gasteiger partial charge is 0.411 e. The van der Waals surface area contributed by atoms with Gasteiger partial charge in [0.25, 0.3) is 5.91 Å². The molecule has 0 aliphatic carbocycles. The number of hydrogen-bond donors (Lipinski definition) is 3. The first-order chi connectivity index (χ1) is 14.6. The zero-order valence-electron chi connectivity index (χ0n) is 15.8. The minimum Gasteiger partial charge on any atom is -0.411 e. The summed E-state index contributed by atoms with van der Waals surface area (Å²) in [5, 5.41) is 14.6. The number of benzene rings is 2. The van der Waals surface area contributed by atoms with Crippen molar-refractivity contribution >= 4 is 34.8 Å². The molecule has 4 N–H and O–H groups in total. The first kappa shape index (κ1) is 19.4. The Balaban J connectivity index is 1.54. The predicted octanol–water partition coefficient (Wildman–Crippen LogP) is 5.12. The maximum Gasteiger partial charge on any atom is 0.255 e. The Kier molecular flexibility index (Phi) is 5.54. The van der Waals surface area contributed by atoms with Crippen LogP contribution in [0.2, 0.25) is 0 Å². The van der Waals surface area contributed by atoms with Crippen LogP contribution in [0, 0.1) is 0 Å². The van der Waals surface area contributed by atoms with E-state index >= 15 is 0 Å². The maximum absolute atomic E-state index is 12.7. The molecule has 6 nitrogen and oxygen atoms in total. The molecule has 2 heterocycles. The van der Waals surface area contributed by atoms with Crippen molar-refractivity contribution in [1.82, 2.24) is 4.98 Å². The van der Waals surface area contributed by atoms with Crippen molar-refractivity contribution in [2.45, 2.75) is 0 Å². The number of pyridine rings is 1. The molecule has 0 saturated carbocycles. The number of nitrogens with one attached hydrogen (secondary N) is 1. The number of anilines is 2. The molecule has 30 heavy (non-hydrogen) atoms. The van der Waals surface area contributed by atoms with Gasteiger partial charge in [-0.15, -0.1) is 11.3 Å². The van der Waals surface area contributed by atoms with Crippen molar-refractivity contribution < 1.29 is 10.0 Å². The maximum atomic E-state index is 12.7. The normalized spacial score (nSPS) is 10.9. The van der Waals surface area contributed by atoms with Gasteiger partial charge in [-0.3, -0.25) is 9.78 Å². The standard InChI is InChI=1S/C23H18N4O2S/c24-20-9-7-17(22-10-8-19(30-22)14-26-29)12-21(20)27-23(28)16-5-3-15(4-6-16)18-2-1-11-25-13-18/h1-14,29H,24H2,(H,27,28)/b26-14-. The Hall–Kier alpha value is -3.97. The molecule has 0 spiro atoms. The Morgan fingerprint density at radius 3 is 2.57 bits per heavy atom. The van der Waals surface area contributed by atoms with Crippen molar-refractivity contribution in [3.8, 4) is 21.6 Å². The molecule has 0 unspecified atom stereocenters. The van der Waals surface area contributed by atoms with Gasteiger partial charge in [-0.05, 0) is 59.2 Å². The first-order valence-corrected chi connectivity index (χ1v) is 9.94. The van der Waals surface area contributed by atoms with E-state index in [1.54, 1.807) is 30.6 Å². The van der Waals surface area contributed by atoms with Crippen LogP contribution < -0.4 is 11.1 Å². The molecule has 7 heteroatoms. The Labute approximate surface area is 177 Å². The molecule has 4 aromatic rings. The van der Waals surface area contributed by atoms with Gasteiger partial charge < -0.3 is 16.3 Å². The summed E-state index contributed by atoms with van der Waals surface area (Å²) in [6.07, 6.45) is 4.88. The van der Waals surface area contributed by atoms with Crippen molar-refractivity contribution in [2.24, 2.45) is 5.16 Å². The van der Waals surface area contributed by atoms with Gasteiger partial charge in [-0.2, -0.15) is 0 Å². The number of nitrogen functional groups attached to an aromatic ring is 1. The third kappa shape index (κ3) is 4.21. The first-order valence-electron chi connectivity index (χ1n) is 9.13. The molecule has 0 aliphatic rings. The average Bonchev–Trinajstić information content (AvgIpc) is 3.25. The second kappa shape index (κ2) is 8.59. The molecule has 148 valence electrons. The third-order valence-electron chi connectivity index (χ3n) is 4.54. The number of thiophene rings is 1. The second-order valence-electron chi connectivity index (χ2n) is 6.52. The minimum atomic E-state index is -0.240. The highest BCUT2D eigenvalue weighted by Gasteiger charge is 2.11. The molecule has 2 aromatic heterocycles. The van der Waals surface area contributed by atoms with Gasteiger partial charge >= 0.3 is 0 Å². The van der Waals surface area contributed by atoms with Gasteiger partial charge in [0.05, 0.1) is 17.6 Å². The molecule has 0 atom stereocenters. The molecule has 4 rings (SSSR count). The quantitative estimate of drug-likeness (QED) is 0.183. The summed E-state index contributed by atoms with van der Waals surface area (Å²) < 4.78 is 0. The van der Waals surface area contributed by atoms with Gasteiger partial charge in [0.1, 0.15) is 0 Å². The number of oxime groups is 1. The molecule has 0 aliphatic heterocycles. The Morgan fingerprint density at radius 2 is 1.83 bits per heavy atom. The van der Waals surface area contributed by atoms with E-state index in [2.05, 4.69) is 15.5 Å². The van der Waals surface area contributed by atoms with Crippen molar-refractivity contribution in [1.29, 1.82) is 0 Å². The number of rotatable bonds is 5. The van der Waals surface area contributed by atoms with Crippen LogP contribution in [0.4, 0.5) is 11.4 Å². The Bertz CT molecular complexity index is 1200. The molecule has 2 aromatic carbocycles. The number of amides is 1. The van der Waals surface area contributed by atoms with Gasteiger partial charge in [0.15, 0.2) is 0 Å². The zero-order chi connectivity index (χ0) is 20.9. The van der Waals surface area contributed by atoms with Crippen LogP contribution in [0.5, 0.6) is 0 Å². The third-order valence-corrected chi connectivity index (χ3v) is 5.61. The summed E-state index contributed by atoms with van der Waals surface area (Å²) in [4.78, 5) is 18.6. The van der Waals surface area contributed by atoms with E-state index < -0.39 is 0 Å². The summed E-state index contributed by atoms with van der Waals surface area (Å²) in [7, 11) is 0. The van der Waals surface area contributed by atoms with Crippen LogP contribution in [0.15, 0.2) is 84.3 Å². The fraction of sp³-hybridized carbons (Fsp3) is 0. The van der Waals surface area contributed by atoms with E-state index in [9.17, 15) is 4.79 Å².